The van der Waals surface area contributed by atoms with E-state index in [1.165, 1.54) is 0 Å². The van der Waals surface area contributed by atoms with E-state index in [1.54, 1.807) is 4.40 Å². The van der Waals surface area contributed by atoms with E-state index in [0.717, 1.165) is 22.8 Å². The molecular formula is C22H23N7O. The van der Waals surface area contributed by atoms with Gasteiger partial charge in [0, 0.05) is 43.4 Å². The van der Waals surface area contributed by atoms with Gasteiger partial charge in [-0.25, -0.2) is 9.97 Å². The van der Waals surface area contributed by atoms with Crippen LogP contribution >= 0.6 is 0 Å². The molecular weight excluding hydrogens is 378 g/mol. The Morgan fingerprint density at radius 3 is 2.43 bits per heavy atom. The zero-order chi connectivity index (χ0) is 21.3. The normalized spacial score (nSPS) is 10.8. The number of rotatable bonds is 5. The Kier molecular flexibility index (Phi) is 5.05. The number of nitrogens with zero attached hydrogens (tertiary/aromatic N) is 5. The molecule has 0 aliphatic carbocycles. The molecule has 2 N–H and O–H groups in total. The zero-order valence-electron chi connectivity index (χ0n) is 17.3. The molecule has 3 heterocycles. The molecule has 4 aromatic rings. The Bertz CT molecular complexity index is 1210. The standard InChI is InChI=1S/C22H23N7O/c1-14-13-19(28(3)4)27-22(23-14)26-17-10-8-16(9-11-17)25-21(30)20-15(2)24-18-7-5-6-12-29(18)20/h5-13H,1-4H3,(H,25,30)(H,23,26,27). The van der Waals surface area contributed by atoms with Gasteiger partial charge in [0.15, 0.2) is 0 Å². The summed E-state index contributed by atoms with van der Waals surface area (Å²) in [5.74, 6) is 1.15. The maximum Gasteiger partial charge on any atom is 0.274 e. The van der Waals surface area contributed by atoms with E-state index >= 15 is 0 Å². The third-order valence-corrected chi connectivity index (χ3v) is 4.62. The van der Waals surface area contributed by atoms with Gasteiger partial charge in [-0.2, -0.15) is 4.98 Å². The highest BCUT2D eigenvalue weighted by atomic mass is 16.2. The molecule has 0 saturated carbocycles. The first-order valence-electron chi connectivity index (χ1n) is 9.56. The fourth-order valence-corrected chi connectivity index (χ4v) is 3.18. The van der Waals surface area contributed by atoms with E-state index in [2.05, 4.69) is 25.6 Å². The van der Waals surface area contributed by atoms with Crippen molar-refractivity contribution in [2.75, 3.05) is 29.6 Å². The van der Waals surface area contributed by atoms with Crippen LogP contribution in [0.3, 0.4) is 0 Å². The molecule has 8 heteroatoms. The lowest BCUT2D eigenvalue weighted by molar-refractivity contribution is 0.102. The van der Waals surface area contributed by atoms with E-state index in [9.17, 15) is 4.79 Å². The van der Waals surface area contributed by atoms with Crippen LogP contribution in [0.5, 0.6) is 0 Å². The van der Waals surface area contributed by atoms with Gasteiger partial charge in [-0.1, -0.05) is 6.07 Å². The molecule has 0 saturated heterocycles. The summed E-state index contributed by atoms with van der Waals surface area (Å²) in [6, 6.07) is 15.0. The maximum atomic E-state index is 12.8. The minimum Gasteiger partial charge on any atom is -0.363 e. The summed E-state index contributed by atoms with van der Waals surface area (Å²) in [6.45, 7) is 3.76. The first kappa shape index (κ1) is 19.4. The zero-order valence-corrected chi connectivity index (χ0v) is 17.3. The van der Waals surface area contributed by atoms with Gasteiger partial charge in [0.25, 0.3) is 5.91 Å². The van der Waals surface area contributed by atoms with Gasteiger partial charge in [-0.3, -0.25) is 9.20 Å². The lowest BCUT2D eigenvalue weighted by Gasteiger charge is -2.14. The fourth-order valence-electron chi connectivity index (χ4n) is 3.18. The van der Waals surface area contributed by atoms with Crippen LogP contribution in [-0.4, -0.2) is 39.4 Å². The minimum atomic E-state index is -0.204. The molecule has 1 aromatic carbocycles. The van der Waals surface area contributed by atoms with Crippen LogP contribution in [0.15, 0.2) is 54.7 Å². The molecule has 0 spiro atoms. The number of carbonyl (C=O) groups is 1. The Morgan fingerprint density at radius 1 is 0.967 bits per heavy atom. The van der Waals surface area contributed by atoms with E-state index in [4.69, 9.17) is 0 Å². The first-order chi connectivity index (χ1) is 14.4. The molecule has 0 radical (unpaired) electrons. The van der Waals surface area contributed by atoms with Crippen molar-refractivity contribution >= 4 is 34.7 Å². The molecule has 0 atom stereocenters. The number of aromatic nitrogens is 4. The largest absolute Gasteiger partial charge is 0.363 e. The van der Waals surface area contributed by atoms with Gasteiger partial charge in [-0.05, 0) is 50.2 Å². The van der Waals surface area contributed by atoms with Crippen molar-refractivity contribution < 1.29 is 4.79 Å². The number of amides is 1. The molecule has 3 aromatic heterocycles. The van der Waals surface area contributed by atoms with Crippen molar-refractivity contribution in [2.24, 2.45) is 0 Å². The second-order valence-electron chi connectivity index (χ2n) is 7.22. The van der Waals surface area contributed by atoms with Crippen molar-refractivity contribution in [3.63, 3.8) is 0 Å². The van der Waals surface area contributed by atoms with Crippen molar-refractivity contribution in [3.8, 4) is 0 Å². The number of hydrogen-bond acceptors (Lipinski definition) is 6. The Hall–Kier alpha value is -3.94. The summed E-state index contributed by atoms with van der Waals surface area (Å²) in [7, 11) is 3.88. The number of anilines is 4. The number of fused-ring (bicyclic) bond motifs is 1. The highest BCUT2D eigenvalue weighted by molar-refractivity contribution is 6.04. The van der Waals surface area contributed by atoms with E-state index < -0.39 is 0 Å². The van der Waals surface area contributed by atoms with E-state index in [-0.39, 0.29) is 5.91 Å². The third-order valence-electron chi connectivity index (χ3n) is 4.62. The second kappa shape index (κ2) is 7.82. The number of imidazole rings is 1. The maximum absolute atomic E-state index is 12.8. The Labute approximate surface area is 174 Å². The van der Waals surface area contributed by atoms with E-state index in [1.807, 2.05) is 87.6 Å². The molecule has 152 valence electrons. The van der Waals surface area contributed by atoms with Gasteiger partial charge >= 0.3 is 0 Å². The third kappa shape index (κ3) is 3.93. The van der Waals surface area contributed by atoms with Crippen LogP contribution in [0.4, 0.5) is 23.1 Å². The lowest BCUT2D eigenvalue weighted by atomic mass is 10.2. The molecule has 0 aliphatic rings. The van der Waals surface area contributed by atoms with Crippen LogP contribution in [0.25, 0.3) is 5.65 Å². The molecule has 1 amide bonds. The molecule has 30 heavy (non-hydrogen) atoms. The van der Waals surface area contributed by atoms with Crippen LogP contribution < -0.4 is 15.5 Å². The number of pyridine rings is 1. The smallest absolute Gasteiger partial charge is 0.274 e. The van der Waals surface area contributed by atoms with Gasteiger partial charge in [-0.15, -0.1) is 0 Å². The highest BCUT2D eigenvalue weighted by Crippen LogP contribution is 2.20. The number of aryl methyl sites for hydroxylation is 2. The average Bonchev–Trinajstić information content (AvgIpc) is 3.04. The molecule has 4 rings (SSSR count). The van der Waals surface area contributed by atoms with E-state index in [0.29, 0.717) is 23.0 Å². The van der Waals surface area contributed by atoms with Crippen molar-refractivity contribution in [1.29, 1.82) is 0 Å². The van der Waals surface area contributed by atoms with Crippen LogP contribution in [0.1, 0.15) is 21.9 Å². The summed E-state index contributed by atoms with van der Waals surface area (Å²) in [5, 5.41) is 6.14. The van der Waals surface area contributed by atoms with Gasteiger partial charge in [0.05, 0.1) is 5.69 Å². The topological polar surface area (TPSA) is 87.5 Å². The molecule has 0 unspecified atom stereocenters. The number of carbonyl (C=O) groups excluding carboxylic acids is 1. The predicted octanol–water partition coefficient (Wildman–Crippen LogP) is 3.80. The lowest BCUT2D eigenvalue weighted by Crippen LogP contribution is -2.15. The Morgan fingerprint density at radius 2 is 1.70 bits per heavy atom. The van der Waals surface area contributed by atoms with Crippen LogP contribution in [0, 0.1) is 13.8 Å². The molecule has 0 bridgehead atoms. The summed E-state index contributed by atoms with van der Waals surface area (Å²) in [6.07, 6.45) is 1.83. The van der Waals surface area contributed by atoms with Gasteiger partial charge < -0.3 is 15.5 Å². The summed E-state index contributed by atoms with van der Waals surface area (Å²) in [5.41, 5.74) is 4.35. The predicted molar refractivity (Wildman–Crippen MR) is 119 cm³/mol. The molecule has 0 aliphatic heterocycles. The second-order valence-corrected chi connectivity index (χ2v) is 7.22. The highest BCUT2D eigenvalue weighted by Gasteiger charge is 2.16. The summed E-state index contributed by atoms with van der Waals surface area (Å²) >= 11 is 0. The molecule has 8 nitrogen and oxygen atoms in total. The SMILES string of the molecule is Cc1cc(N(C)C)nc(Nc2ccc(NC(=O)c3c(C)nc4ccccn34)cc2)n1. The monoisotopic (exact) mass is 401 g/mol. The molecule has 0 fully saturated rings. The number of benzene rings is 1. The first-order valence-corrected chi connectivity index (χ1v) is 9.56. The number of hydrogen-bond donors (Lipinski definition) is 2. The minimum absolute atomic E-state index is 0.204. The van der Waals surface area contributed by atoms with Crippen molar-refractivity contribution in [2.45, 2.75) is 13.8 Å². The Balaban J connectivity index is 1.50. The van der Waals surface area contributed by atoms with Crippen LogP contribution in [-0.2, 0) is 0 Å². The quantitative estimate of drug-likeness (QED) is 0.529. The van der Waals surface area contributed by atoms with Gasteiger partial charge in [0.1, 0.15) is 17.2 Å². The van der Waals surface area contributed by atoms with Crippen LogP contribution in [0.2, 0.25) is 0 Å². The van der Waals surface area contributed by atoms with Crippen molar-refractivity contribution in [1.82, 2.24) is 19.4 Å². The number of nitrogens with one attached hydrogen (secondary N) is 2. The summed E-state index contributed by atoms with van der Waals surface area (Å²) in [4.78, 5) is 28.1. The fraction of sp³-hybridized carbons (Fsp3) is 0.182. The summed E-state index contributed by atoms with van der Waals surface area (Å²) < 4.78 is 1.79. The average molecular weight is 401 g/mol. The van der Waals surface area contributed by atoms with Crippen molar-refractivity contribution in [3.05, 3.63) is 71.8 Å². The van der Waals surface area contributed by atoms with Gasteiger partial charge in [0.2, 0.25) is 5.95 Å².